The molecule has 5 nitrogen and oxygen atoms in total. The highest BCUT2D eigenvalue weighted by Crippen LogP contribution is 2.19. The average Bonchev–Trinajstić information content (AvgIpc) is 2.60. The van der Waals surface area contributed by atoms with Gasteiger partial charge in [0.1, 0.15) is 11.6 Å². The minimum Gasteiger partial charge on any atom is -0.491 e. The minimum atomic E-state index is -0.0784. The number of unbranched alkanes of at least 4 members (excludes halogenated alkanes) is 2. The molecule has 2 N–H and O–H groups in total. The predicted octanol–water partition coefficient (Wildman–Crippen LogP) is 4.53. The molecule has 2 rings (SSSR count). The van der Waals surface area contributed by atoms with Crippen LogP contribution >= 0.6 is 0 Å². The fraction of sp³-hybridized carbons (Fsp3) is 0.400. The Morgan fingerprint density at radius 2 is 1.88 bits per heavy atom. The molecule has 1 aromatic heterocycles. The SMILES string of the molecule is CCCCCNC(=O)c1ccc(Nc2ccc(OC(C)C)cc2)nc1. The van der Waals surface area contributed by atoms with Gasteiger partial charge in [-0.2, -0.15) is 0 Å². The monoisotopic (exact) mass is 341 g/mol. The number of nitrogens with one attached hydrogen (secondary N) is 2. The van der Waals surface area contributed by atoms with Crippen LogP contribution in [0.4, 0.5) is 11.5 Å². The van der Waals surface area contributed by atoms with Crippen molar-refractivity contribution in [3.8, 4) is 5.75 Å². The molecule has 2 aromatic rings. The fourth-order valence-corrected chi connectivity index (χ4v) is 2.32. The van der Waals surface area contributed by atoms with Crippen molar-refractivity contribution < 1.29 is 9.53 Å². The number of hydrogen-bond donors (Lipinski definition) is 2. The lowest BCUT2D eigenvalue weighted by Crippen LogP contribution is -2.24. The number of nitrogens with zero attached hydrogens (tertiary/aromatic N) is 1. The quantitative estimate of drug-likeness (QED) is 0.658. The van der Waals surface area contributed by atoms with E-state index in [9.17, 15) is 4.79 Å². The Kier molecular flexibility index (Phi) is 7.26. The number of anilines is 2. The van der Waals surface area contributed by atoms with Gasteiger partial charge in [-0.3, -0.25) is 4.79 Å². The first kappa shape index (κ1) is 18.8. The summed E-state index contributed by atoms with van der Waals surface area (Å²) in [6.45, 7) is 6.84. The van der Waals surface area contributed by atoms with Gasteiger partial charge in [-0.25, -0.2) is 4.98 Å². The Hall–Kier alpha value is -2.56. The Morgan fingerprint density at radius 3 is 2.48 bits per heavy atom. The molecule has 0 spiro atoms. The number of carbonyl (C=O) groups is 1. The second-order valence-corrected chi connectivity index (χ2v) is 6.21. The predicted molar refractivity (Wildman–Crippen MR) is 102 cm³/mol. The molecular formula is C20H27N3O2. The molecule has 25 heavy (non-hydrogen) atoms. The lowest BCUT2D eigenvalue weighted by Gasteiger charge is -2.11. The van der Waals surface area contributed by atoms with Crippen LogP contribution < -0.4 is 15.4 Å². The van der Waals surface area contributed by atoms with Crippen LogP contribution in [-0.4, -0.2) is 23.5 Å². The largest absolute Gasteiger partial charge is 0.491 e. The Labute approximate surface area is 149 Å². The zero-order chi connectivity index (χ0) is 18.1. The second kappa shape index (κ2) is 9.67. The molecule has 0 saturated carbocycles. The third-order valence-corrected chi connectivity index (χ3v) is 3.59. The maximum Gasteiger partial charge on any atom is 0.252 e. The van der Waals surface area contributed by atoms with Gasteiger partial charge in [-0.05, 0) is 56.7 Å². The van der Waals surface area contributed by atoms with Gasteiger partial charge < -0.3 is 15.4 Å². The number of amides is 1. The van der Waals surface area contributed by atoms with Gasteiger partial charge in [0, 0.05) is 18.4 Å². The van der Waals surface area contributed by atoms with E-state index in [1.807, 2.05) is 38.1 Å². The summed E-state index contributed by atoms with van der Waals surface area (Å²) in [5.74, 6) is 1.45. The highest BCUT2D eigenvalue weighted by molar-refractivity contribution is 5.94. The van der Waals surface area contributed by atoms with Gasteiger partial charge in [0.25, 0.3) is 5.91 Å². The molecular weight excluding hydrogens is 314 g/mol. The summed E-state index contributed by atoms with van der Waals surface area (Å²) in [5.41, 5.74) is 1.49. The first-order valence-electron chi connectivity index (χ1n) is 8.86. The van der Waals surface area contributed by atoms with Crippen molar-refractivity contribution in [2.24, 2.45) is 0 Å². The van der Waals surface area contributed by atoms with Crippen molar-refractivity contribution in [2.75, 3.05) is 11.9 Å². The second-order valence-electron chi connectivity index (χ2n) is 6.21. The molecule has 0 saturated heterocycles. The molecule has 0 unspecified atom stereocenters. The molecule has 134 valence electrons. The number of rotatable bonds is 9. The summed E-state index contributed by atoms with van der Waals surface area (Å²) >= 11 is 0. The molecule has 0 fully saturated rings. The Bertz CT molecular complexity index is 652. The number of carbonyl (C=O) groups excluding carboxylic acids is 1. The summed E-state index contributed by atoms with van der Waals surface area (Å²) < 4.78 is 5.62. The molecule has 1 amide bonds. The van der Waals surface area contributed by atoms with Crippen LogP contribution in [0.5, 0.6) is 5.75 Å². The van der Waals surface area contributed by atoms with Gasteiger partial charge in [0.15, 0.2) is 0 Å². The van der Waals surface area contributed by atoms with E-state index in [0.717, 1.165) is 30.7 Å². The standard InChI is InChI=1S/C20H27N3O2/c1-4-5-6-13-21-20(24)16-7-12-19(22-14-16)23-17-8-10-18(11-9-17)25-15(2)3/h7-12,14-15H,4-6,13H2,1-3H3,(H,21,24)(H,22,23). The summed E-state index contributed by atoms with van der Waals surface area (Å²) in [6, 6.07) is 11.3. The summed E-state index contributed by atoms with van der Waals surface area (Å²) in [5, 5.41) is 6.12. The molecule has 0 atom stereocenters. The molecule has 0 aliphatic heterocycles. The number of ether oxygens (including phenoxy) is 1. The smallest absolute Gasteiger partial charge is 0.252 e. The van der Waals surface area contributed by atoms with E-state index in [0.29, 0.717) is 17.9 Å². The van der Waals surface area contributed by atoms with E-state index < -0.39 is 0 Å². The van der Waals surface area contributed by atoms with Crippen LogP contribution in [0.1, 0.15) is 50.4 Å². The molecule has 0 bridgehead atoms. The van der Waals surface area contributed by atoms with Crippen molar-refractivity contribution in [1.82, 2.24) is 10.3 Å². The molecule has 0 aliphatic carbocycles. The lowest BCUT2D eigenvalue weighted by atomic mass is 10.2. The van der Waals surface area contributed by atoms with Gasteiger partial charge in [0.05, 0.1) is 11.7 Å². The molecule has 1 heterocycles. The van der Waals surface area contributed by atoms with Crippen LogP contribution in [0.3, 0.4) is 0 Å². The van der Waals surface area contributed by atoms with Crippen LogP contribution in [0.2, 0.25) is 0 Å². The van der Waals surface area contributed by atoms with Gasteiger partial charge in [-0.15, -0.1) is 0 Å². The third-order valence-electron chi connectivity index (χ3n) is 3.59. The van der Waals surface area contributed by atoms with Crippen molar-refractivity contribution in [2.45, 2.75) is 46.1 Å². The normalized spacial score (nSPS) is 10.6. The van der Waals surface area contributed by atoms with E-state index in [4.69, 9.17) is 4.74 Å². The number of hydrogen-bond acceptors (Lipinski definition) is 4. The van der Waals surface area contributed by atoms with E-state index in [-0.39, 0.29) is 12.0 Å². The van der Waals surface area contributed by atoms with Gasteiger partial charge in [-0.1, -0.05) is 19.8 Å². The van der Waals surface area contributed by atoms with Gasteiger partial charge >= 0.3 is 0 Å². The first-order chi connectivity index (χ1) is 12.1. The summed E-state index contributed by atoms with van der Waals surface area (Å²) in [7, 11) is 0. The molecule has 0 aliphatic rings. The van der Waals surface area contributed by atoms with E-state index in [1.54, 1.807) is 18.3 Å². The van der Waals surface area contributed by atoms with Crippen LogP contribution in [-0.2, 0) is 0 Å². The van der Waals surface area contributed by atoms with E-state index in [1.165, 1.54) is 0 Å². The van der Waals surface area contributed by atoms with E-state index in [2.05, 4.69) is 22.5 Å². The maximum atomic E-state index is 12.0. The average molecular weight is 341 g/mol. The van der Waals surface area contributed by atoms with E-state index >= 15 is 0 Å². The topological polar surface area (TPSA) is 63.2 Å². The third kappa shape index (κ3) is 6.45. The number of aromatic nitrogens is 1. The highest BCUT2D eigenvalue weighted by atomic mass is 16.5. The van der Waals surface area contributed by atoms with Crippen molar-refractivity contribution in [3.05, 3.63) is 48.2 Å². The van der Waals surface area contributed by atoms with Crippen LogP contribution in [0, 0.1) is 0 Å². The Balaban J connectivity index is 1.88. The number of benzene rings is 1. The maximum absolute atomic E-state index is 12.0. The zero-order valence-electron chi connectivity index (χ0n) is 15.2. The minimum absolute atomic E-state index is 0.0784. The zero-order valence-corrected chi connectivity index (χ0v) is 15.2. The van der Waals surface area contributed by atoms with Gasteiger partial charge in [0.2, 0.25) is 0 Å². The Morgan fingerprint density at radius 1 is 1.12 bits per heavy atom. The summed E-state index contributed by atoms with van der Waals surface area (Å²) in [4.78, 5) is 16.3. The van der Waals surface area contributed by atoms with Crippen LogP contribution in [0.25, 0.3) is 0 Å². The molecule has 0 radical (unpaired) electrons. The van der Waals surface area contributed by atoms with Crippen molar-refractivity contribution in [1.29, 1.82) is 0 Å². The molecule has 1 aromatic carbocycles. The van der Waals surface area contributed by atoms with Crippen molar-refractivity contribution >= 4 is 17.4 Å². The van der Waals surface area contributed by atoms with Crippen LogP contribution in [0.15, 0.2) is 42.6 Å². The molecule has 5 heteroatoms. The highest BCUT2D eigenvalue weighted by Gasteiger charge is 2.06. The summed E-state index contributed by atoms with van der Waals surface area (Å²) in [6.07, 6.45) is 5.02. The first-order valence-corrected chi connectivity index (χ1v) is 8.86. The lowest BCUT2D eigenvalue weighted by molar-refractivity contribution is 0.0952. The fourth-order valence-electron chi connectivity index (χ4n) is 2.32. The van der Waals surface area contributed by atoms with Crippen molar-refractivity contribution in [3.63, 3.8) is 0 Å². The number of pyridine rings is 1.